The van der Waals surface area contributed by atoms with Crippen molar-refractivity contribution < 1.29 is 24.2 Å². The van der Waals surface area contributed by atoms with Gasteiger partial charge in [-0.15, -0.1) is 11.8 Å². The second-order valence-corrected chi connectivity index (χ2v) is 9.60. The Morgan fingerprint density at radius 2 is 2.13 bits per heavy atom. The van der Waals surface area contributed by atoms with Crippen LogP contribution in [0.25, 0.3) is 0 Å². The van der Waals surface area contributed by atoms with Crippen molar-refractivity contribution in [3.63, 3.8) is 0 Å². The number of methoxy groups -OCH3 is 1. The number of hydrogen-bond acceptors (Lipinski definition) is 7. The third-order valence-corrected chi connectivity index (χ3v) is 7.15. The van der Waals surface area contributed by atoms with E-state index in [4.69, 9.17) is 4.74 Å². The number of carbonyl (C=O) groups is 2. The molecule has 1 aliphatic carbocycles. The van der Waals surface area contributed by atoms with Gasteiger partial charge in [0.1, 0.15) is 5.76 Å². The predicted molar refractivity (Wildman–Crippen MR) is 127 cm³/mol. The SMILES string of the molecule is CCCC(=O)OC1=C(SCCCCCC(=O)OC)C(/C=C/C(O)Cc2ccsc2)CC1. The van der Waals surface area contributed by atoms with E-state index in [2.05, 4.69) is 16.2 Å². The molecule has 0 fully saturated rings. The molecule has 2 atom stereocenters. The Balaban J connectivity index is 1.92. The number of hydrogen-bond donors (Lipinski definition) is 1. The maximum Gasteiger partial charge on any atom is 0.310 e. The van der Waals surface area contributed by atoms with Crippen LogP contribution in [0, 0.1) is 5.92 Å². The summed E-state index contributed by atoms with van der Waals surface area (Å²) < 4.78 is 10.3. The van der Waals surface area contributed by atoms with Crippen molar-refractivity contribution in [3.8, 4) is 0 Å². The summed E-state index contributed by atoms with van der Waals surface area (Å²) >= 11 is 3.37. The lowest BCUT2D eigenvalue weighted by Gasteiger charge is -2.13. The number of carbonyl (C=O) groups excluding carboxylic acids is 2. The highest BCUT2D eigenvalue weighted by Crippen LogP contribution is 2.41. The molecule has 31 heavy (non-hydrogen) atoms. The van der Waals surface area contributed by atoms with Crippen molar-refractivity contribution >= 4 is 35.0 Å². The Morgan fingerprint density at radius 3 is 2.84 bits per heavy atom. The molecule has 1 heterocycles. The number of ether oxygens (including phenoxy) is 2. The number of rotatable bonds is 14. The van der Waals surface area contributed by atoms with Gasteiger partial charge in [-0.3, -0.25) is 9.59 Å². The number of unbranched alkanes of at least 4 members (excludes halogenated alkanes) is 2. The van der Waals surface area contributed by atoms with E-state index in [1.165, 1.54) is 7.11 Å². The number of aliphatic hydroxyl groups is 1. The first-order valence-corrected chi connectivity index (χ1v) is 13.0. The van der Waals surface area contributed by atoms with Crippen LogP contribution in [0.4, 0.5) is 0 Å². The Bertz CT molecular complexity index is 739. The molecule has 172 valence electrons. The van der Waals surface area contributed by atoms with Gasteiger partial charge in [0.25, 0.3) is 0 Å². The Hall–Kier alpha value is -1.57. The minimum absolute atomic E-state index is 0.164. The molecule has 2 rings (SSSR count). The summed E-state index contributed by atoms with van der Waals surface area (Å²) in [6, 6.07) is 2.03. The molecule has 0 bridgehead atoms. The molecule has 0 saturated heterocycles. The second kappa shape index (κ2) is 14.5. The van der Waals surface area contributed by atoms with Crippen LogP contribution in [-0.2, 0) is 25.5 Å². The molecule has 0 spiro atoms. The van der Waals surface area contributed by atoms with E-state index < -0.39 is 6.10 Å². The largest absolute Gasteiger partial charge is 0.469 e. The van der Waals surface area contributed by atoms with Gasteiger partial charge in [-0.2, -0.15) is 11.3 Å². The van der Waals surface area contributed by atoms with Gasteiger partial charge in [0, 0.05) is 36.5 Å². The first-order valence-electron chi connectivity index (χ1n) is 11.0. The maximum atomic E-state index is 12.0. The summed E-state index contributed by atoms with van der Waals surface area (Å²) in [5.41, 5.74) is 1.14. The lowest BCUT2D eigenvalue weighted by atomic mass is 10.1. The number of allylic oxidation sites excluding steroid dienone is 3. The van der Waals surface area contributed by atoms with E-state index in [0.717, 1.165) is 60.5 Å². The van der Waals surface area contributed by atoms with Gasteiger partial charge < -0.3 is 14.6 Å². The van der Waals surface area contributed by atoms with E-state index in [1.807, 2.05) is 24.4 Å². The Kier molecular flexibility index (Phi) is 12.0. The highest BCUT2D eigenvalue weighted by molar-refractivity contribution is 8.03. The number of thioether (sulfide) groups is 1. The zero-order valence-electron chi connectivity index (χ0n) is 18.5. The molecule has 0 aromatic carbocycles. The highest BCUT2D eigenvalue weighted by atomic mass is 32.2. The number of esters is 2. The number of thiophene rings is 1. The van der Waals surface area contributed by atoms with Crippen LogP contribution in [0.1, 0.15) is 63.9 Å². The van der Waals surface area contributed by atoms with Crippen LogP contribution in [0.3, 0.4) is 0 Å². The summed E-state index contributed by atoms with van der Waals surface area (Å²) in [5.74, 6) is 1.53. The van der Waals surface area contributed by atoms with Crippen LogP contribution in [0.2, 0.25) is 0 Å². The van der Waals surface area contributed by atoms with Gasteiger partial charge in [0.2, 0.25) is 0 Å². The molecular weight excluding hydrogens is 432 g/mol. The average Bonchev–Trinajstić information content (AvgIpc) is 3.39. The van der Waals surface area contributed by atoms with Gasteiger partial charge >= 0.3 is 11.9 Å². The number of aliphatic hydroxyl groups excluding tert-OH is 1. The van der Waals surface area contributed by atoms with E-state index in [1.54, 1.807) is 23.1 Å². The van der Waals surface area contributed by atoms with Crippen molar-refractivity contribution in [1.82, 2.24) is 0 Å². The van der Waals surface area contributed by atoms with E-state index in [-0.39, 0.29) is 17.9 Å². The standard InChI is InChI=1S/C24H34O5S2/c1-3-7-23(27)29-21-12-10-19(9-11-20(25)16-18-13-15-30-17-18)24(21)31-14-6-4-5-8-22(26)28-2/h9,11,13,15,17,19-20,25H,3-8,10,12,14,16H2,1-2H3/b11-9+. The van der Waals surface area contributed by atoms with Crippen molar-refractivity contribution in [3.05, 3.63) is 45.2 Å². The molecule has 0 aliphatic heterocycles. The summed E-state index contributed by atoms with van der Waals surface area (Å²) in [4.78, 5) is 24.4. The summed E-state index contributed by atoms with van der Waals surface area (Å²) in [5, 5.41) is 14.4. The molecule has 1 N–H and O–H groups in total. The monoisotopic (exact) mass is 466 g/mol. The maximum absolute atomic E-state index is 12.0. The van der Waals surface area contributed by atoms with Crippen LogP contribution < -0.4 is 0 Å². The van der Waals surface area contributed by atoms with Crippen LogP contribution in [0.15, 0.2) is 39.6 Å². The quantitative estimate of drug-likeness (QED) is 0.217. The first kappa shape index (κ1) is 25.7. The third kappa shape index (κ3) is 9.62. The molecule has 0 amide bonds. The lowest BCUT2D eigenvalue weighted by Crippen LogP contribution is -2.07. The molecule has 7 heteroatoms. The van der Waals surface area contributed by atoms with Crippen molar-refractivity contribution in [1.29, 1.82) is 0 Å². The highest BCUT2D eigenvalue weighted by Gasteiger charge is 2.27. The molecule has 0 saturated carbocycles. The topological polar surface area (TPSA) is 72.8 Å². The van der Waals surface area contributed by atoms with Gasteiger partial charge in [0.15, 0.2) is 0 Å². The van der Waals surface area contributed by atoms with Crippen LogP contribution in [0.5, 0.6) is 0 Å². The zero-order valence-corrected chi connectivity index (χ0v) is 20.1. The minimum atomic E-state index is -0.522. The Morgan fingerprint density at radius 1 is 1.29 bits per heavy atom. The summed E-state index contributed by atoms with van der Waals surface area (Å²) in [6.45, 7) is 1.97. The molecule has 5 nitrogen and oxygen atoms in total. The minimum Gasteiger partial charge on any atom is -0.469 e. The summed E-state index contributed by atoms with van der Waals surface area (Å²) in [7, 11) is 1.41. The van der Waals surface area contributed by atoms with E-state index >= 15 is 0 Å². The fourth-order valence-corrected chi connectivity index (χ4v) is 5.39. The molecule has 1 aromatic heterocycles. The van der Waals surface area contributed by atoms with Crippen LogP contribution in [-0.4, -0.2) is 36.0 Å². The lowest BCUT2D eigenvalue weighted by molar-refractivity contribution is -0.141. The van der Waals surface area contributed by atoms with E-state index in [0.29, 0.717) is 19.3 Å². The fraction of sp³-hybridized carbons (Fsp3) is 0.583. The van der Waals surface area contributed by atoms with Crippen molar-refractivity contribution in [2.45, 2.75) is 70.8 Å². The third-order valence-electron chi connectivity index (χ3n) is 5.09. The predicted octanol–water partition coefficient (Wildman–Crippen LogP) is 5.64. The van der Waals surface area contributed by atoms with Gasteiger partial charge in [-0.05, 0) is 53.8 Å². The van der Waals surface area contributed by atoms with Crippen molar-refractivity contribution in [2.75, 3.05) is 12.9 Å². The fourth-order valence-electron chi connectivity index (χ4n) is 3.43. The molecule has 1 aromatic rings. The molecule has 1 aliphatic rings. The summed E-state index contributed by atoms with van der Waals surface area (Å²) in [6.07, 6.45) is 10.1. The molecule has 0 radical (unpaired) electrons. The van der Waals surface area contributed by atoms with Crippen LogP contribution >= 0.6 is 23.1 Å². The zero-order chi connectivity index (χ0) is 22.5. The second-order valence-electron chi connectivity index (χ2n) is 7.68. The first-order chi connectivity index (χ1) is 15.0. The Labute approximate surface area is 193 Å². The smallest absolute Gasteiger partial charge is 0.310 e. The molecule has 2 unspecified atom stereocenters. The normalized spacial score (nSPS) is 17.3. The van der Waals surface area contributed by atoms with Gasteiger partial charge in [-0.25, -0.2) is 0 Å². The van der Waals surface area contributed by atoms with Gasteiger partial charge in [0.05, 0.1) is 13.2 Å². The van der Waals surface area contributed by atoms with Crippen molar-refractivity contribution in [2.24, 2.45) is 5.92 Å². The van der Waals surface area contributed by atoms with Gasteiger partial charge in [-0.1, -0.05) is 25.5 Å². The van der Waals surface area contributed by atoms with E-state index in [9.17, 15) is 14.7 Å². The molecular formula is C24H34O5S2. The average molecular weight is 467 g/mol.